The average Bonchev–Trinajstić information content (AvgIpc) is 2.64. The summed E-state index contributed by atoms with van der Waals surface area (Å²) >= 11 is 1.48. The Morgan fingerprint density at radius 1 is 1.20 bits per heavy atom. The highest BCUT2D eigenvalue weighted by Crippen LogP contribution is 2.31. The van der Waals surface area contributed by atoms with Crippen molar-refractivity contribution in [2.45, 2.75) is 5.75 Å². The molecule has 8 heteroatoms. The smallest absolute Gasteiger partial charge is 0.331 e. The van der Waals surface area contributed by atoms with Gasteiger partial charge in [-0.1, -0.05) is 6.07 Å². The molecule has 0 aliphatic heterocycles. The van der Waals surface area contributed by atoms with E-state index in [-0.39, 0.29) is 11.6 Å². The minimum Gasteiger partial charge on any atom is -0.496 e. The first-order valence-corrected chi connectivity index (χ1v) is 8.32. The number of hydrogen-bond donors (Lipinski definition) is 0. The Kier molecular flexibility index (Phi) is 6.64. The van der Waals surface area contributed by atoms with Gasteiger partial charge in [-0.2, -0.15) is 0 Å². The van der Waals surface area contributed by atoms with Gasteiger partial charge in [0.1, 0.15) is 11.5 Å². The lowest BCUT2D eigenvalue weighted by Crippen LogP contribution is -1.97. The predicted octanol–water partition coefficient (Wildman–Crippen LogP) is 3.92. The fraction of sp³-hybridized carbons (Fsp3) is 0.235. The van der Waals surface area contributed by atoms with E-state index in [1.165, 1.54) is 24.9 Å². The molecule has 25 heavy (non-hydrogen) atoms. The summed E-state index contributed by atoms with van der Waals surface area (Å²) in [6, 6.07) is 7.02. The molecule has 2 aromatic rings. The molecule has 0 aliphatic carbocycles. The number of ether oxygens (including phenoxy) is 3. The summed E-state index contributed by atoms with van der Waals surface area (Å²) in [7, 11) is 4.55. The Morgan fingerprint density at radius 2 is 1.88 bits per heavy atom. The summed E-state index contributed by atoms with van der Waals surface area (Å²) in [5.74, 6) is 1.95. The van der Waals surface area contributed by atoms with Crippen molar-refractivity contribution >= 4 is 23.5 Å². The molecule has 1 aromatic carbocycles. The molecule has 0 amide bonds. The largest absolute Gasteiger partial charge is 0.496 e. The van der Waals surface area contributed by atoms with E-state index in [1.807, 2.05) is 29.7 Å². The summed E-state index contributed by atoms with van der Waals surface area (Å²) in [4.78, 5) is 14.5. The lowest BCUT2D eigenvalue weighted by molar-refractivity contribution is -0.386. The highest BCUT2D eigenvalue weighted by molar-refractivity contribution is 8.01. The molecule has 0 unspecified atom stereocenters. The number of nitro groups is 1. The molecule has 0 bridgehead atoms. The zero-order chi connectivity index (χ0) is 18.2. The molecule has 0 spiro atoms. The summed E-state index contributed by atoms with van der Waals surface area (Å²) in [6.45, 7) is 0. The van der Waals surface area contributed by atoms with Crippen LogP contribution in [0.4, 0.5) is 5.69 Å². The molecule has 0 radical (unpaired) electrons. The quantitative estimate of drug-likeness (QED) is 0.520. The lowest BCUT2D eigenvalue weighted by Gasteiger charge is -2.09. The van der Waals surface area contributed by atoms with Crippen molar-refractivity contribution in [2.75, 3.05) is 21.3 Å². The number of thioether (sulfide) groups is 1. The van der Waals surface area contributed by atoms with Gasteiger partial charge in [0, 0.05) is 18.0 Å². The maximum absolute atomic E-state index is 11.0. The van der Waals surface area contributed by atoms with Gasteiger partial charge in [0.15, 0.2) is 0 Å². The van der Waals surface area contributed by atoms with E-state index in [2.05, 4.69) is 4.98 Å². The second kappa shape index (κ2) is 8.93. The second-order valence-corrected chi connectivity index (χ2v) is 5.71. The fourth-order valence-corrected chi connectivity index (χ4v) is 2.83. The Bertz CT molecular complexity index is 757. The van der Waals surface area contributed by atoms with Crippen LogP contribution in [0, 0.1) is 10.1 Å². The SMILES string of the molecule is COc1cccc(OC)c1/C=C/SCc1cnc(OC)c([N+](=O)[O-])c1. The van der Waals surface area contributed by atoms with Crippen LogP contribution in [0.25, 0.3) is 6.08 Å². The molecular formula is C17H18N2O5S. The van der Waals surface area contributed by atoms with Gasteiger partial charge in [-0.15, -0.1) is 11.8 Å². The molecule has 0 saturated carbocycles. The van der Waals surface area contributed by atoms with Crippen molar-refractivity contribution in [1.29, 1.82) is 0 Å². The molecule has 0 atom stereocenters. The van der Waals surface area contributed by atoms with Gasteiger partial charge in [-0.05, 0) is 29.2 Å². The van der Waals surface area contributed by atoms with Crippen molar-refractivity contribution in [3.63, 3.8) is 0 Å². The molecular weight excluding hydrogens is 344 g/mol. The Balaban J connectivity index is 2.10. The van der Waals surface area contributed by atoms with Crippen LogP contribution < -0.4 is 14.2 Å². The maximum Gasteiger partial charge on any atom is 0.331 e. The van der Waals surface area contributed by atoms with Crippen LogP contribution in [0.15, 0.2) is 35.9 Å². The van der Waals surface area contributed by atoms with Crippen molar-refractivity contribution in [2.24, 2.45) is 0 Å². The molecule has 0 aliphatic rings. The van der Waals surface area contributed by atoms with E-state index in [1.54, 1.807) is 20.4 Å². The number of nitrogens with zero attached hydrogens (tertiary/aromatic N) is 2. The van der Waals surface area contributed by atoms with Crippen LogP contribution in [0.1, 0.15) is 11.1 Å². The highest BCUT2D eigenvalue weighted by Gasteiger charge is 2.16. The molecule has 0 fully saturated rings. The first-order chi connectivity index (χ1) is 12.1. The molecule has 7 nitrogen and oxygen atoms in total. The Hall–Kier alpha value is -2.74. The normalized spacial score (nSPS) is 10.7. The van der Waals surface area contributed by atoms with E-state index in [0.717, 1.165) is 11.1 Å². The molecule has 0 saturated heterocycles. The van der Waals surface area contributed by atoms with Gasteiger partial charge >= 0.3 is 5.69 Å². The van der Waals surface area contributed by atoms with Gasteiger partial charge < -0.3 is 14.2 Å². The number of methoxy groups -OCH3 is 3. The van der Waals surface area contributed by atoms with Gasteiger partial charge in [-0.3, -0.25) is 10.1 Å². The van der Waals surface area contributed by atoms with Crippen molar-refractivity contribution in [3.8, 4) is 17.4 Å². The van der Waals surface area contributed by atoms with Crippen molar-refractivity contribution < 1.29 is 19.1 Å². The zero-order valence-electron chi connectivity index (χ0n) is 14.1. The van der Waals surface area contributed by atoms with E-state index in [9.17, 15) is 10.1 Å². The maximum atomic E-state index is 11.0. The number of hydrogen-bond acceptors (Lipinski definition) is 7. The summed E-state index contributed by atoms with van der Waals surface area (Å²) in [5, 5.41) is 12.9. The van der Waals surface area contributed by atoms with Crippen LogP contribution >= 0.6 is 11.8 Å². The Labute approximate surface area is 149 Å². The molecule has 1 aromatic heterocycles. The standard InChI is InChI=1S/C17H18N2O5S/c1-22-15-5-4-6-16(23-2)13(15)7-8-25-11-12-9-14(19(20)21)17(24-3)18-10-12/h4-10H,11H2,1-3H3/b8-7+. The highest BCUT2D eigenvalue weighted by atomic mass is 32.2. The molecule has 132 valence electrons. The topological polar surface area (TPSA) is 83.7 Å². The molecule has 0 N–H and O–H groups in total. The lowest BCUT2D eigenvalue weighted by atomic mass is 10.2. The Morgan fingerprint density at radius 3 is 2.44 bits per heavy atom. The minimum atomic E-state index is -0.504. The summed E-state index contributed by atoms with van der Waals surface area (Å²) in [6.07, 6.45) is 3.45. The summed E-state index contributed by atoms with van der Waals surface area (Å²) < 4.78 is 15.6. The first-order valence-electron chi connectivity index (χ1n) is 7.27. The number of rotatable bonds is 8. The van der Waals surface area contributed by atoms with Crippen LogP contribution in [-0.4, -0.2) is 31.2 Å². The molecule has 1 heterocycles. The third kappa shape index (κ3) is 4.63. The van der Waals surface area contributed by atoms with Crippen LogP contribution in [0.3, 0.4) is 0 Å². The van der Waals surface area contributed by atoms with E-state index in [4.69, 9.17) is 14.2 Å². The minimum absolute atomic E-state index is 0.00745. The predicted molar refractivity (Wildman–Crippen MR) is 97.3 cm³/mol. The first kappa shape index (κ1) is 18.6. The van der Waals surface area contributed by atoms with E-state index < -0.39 is 4.92 Å². The van der Waals surface area contributed by atoms with E-state index in [0.29, 0.717) is 17.3 Å². The number of aromatic nitrogens is 1. The van der Waals surface area contributed by atoms with Crippen LogP contribution in [-0.2, 0) is 5.75 Å². The number of pyridine rings is 1. The fourth-order valence-electron chi connectivity index (χ4n) is 2.15. The van der Waals surface area contributed by atoms with E-state index >= 15 is 0 Å². The third-order valence-corrected chi connectivity index (χ3v) is 4.15. The zero-order valence-corrected chi connectivity index (χ0v) is 14.9. The molecule has 2 rings (SSSR count). The van der Waals surface area contributed by atoms with Crippen molar-refractivity contribution in [3.05, 3.63) is 57.1 Å². The summed E-state index contributed by atoms with van der Waals surface area (Å²) in [5.41, 5.74) is 1.42. The second-order valence-electron chi connectivity index (χ2n) is 4.82. The van der Waals surface area contributed by atoms with Crippen LogP contribution in [0.2, 0.25) is 0 Å². The monoisotopic (exact) mass is 362 g/mol. The third-order valence-electron chi connectivity index (χ3n) is 3.33. The number of benzene rings is 1. The van der Waals surface area contributed by atoms with Crippen molar-refractivity contribution in [1.82, 2.24) is 4.98 Å². The average molecular weight is 362 g/mol. The van der Waals surface area contributed by atoms with Gasteiger partial charge in [0.2, 0.25) is 0 Å². The van der Waals surface area contributed by atoms with Crippen LogP contribution in [0.5, 0.6) is 17.4 Å². The van der Waals surface area contributed by atoms with Gasteiger partial charge in [-0.25, -0.2) is 4.98 Å². The van der Waals surface area contributed by atoms with Gasteiger partial charge in [0.25, 0.3) is 5.88 Å². The van der Waals surface area contributed by atoms with Gasteiger partial charge in [0.05, 0.1) is 31.8 Å².